The predicted octanol–water partition coefficient (Wildman–Crippen LogP) is 2.59. The topological polar surface area (TPSA) is 62.1 Å². The van der Waals surface area contributed by atoms with Crippen LogP contribution >= 0.6 is 22.6 Å². The quantitative estimate of drug-likeness (QED) is 0.652. The Labute approximate surface area is 127 Å². The number of nitrogens with zero attached hydrogens (tertiary/aromatic N) is 1. The molecule has 0 spiro atoms. The molecular weight excluding hydrogens is 355 g/mol. The minimum Gasteiger partial charge on any atom is -0.459 e. The van der Waals surface area contributed by atoms with Gasteiger partial charge in [-0.1, -0.05) is 6.07 Å². The number of carbonyl (C=O) groups is 1. The zero-order chi connectivity index (χ0) is 14.5. The second kappa shape index (κ2) is 6.87. The van der Waals surface area contributed by atoms with E-state index >= 15 is 0 Å². The van der Waals surface area contributed by atoms with E-state index in [4.69, 9.17) is 10.00 Å². The first-order valence-corrected chi connectivity index (χ1v) is 7.01. The number of rotatable bonds is 4. The minimum absolute atomic E-state index is 0.174. The highest BCUT2D eigenvalue weighted by Crippen LogP contribution is 2.14. The molecule has 19 heavy (non-hydrogen) atoms. The number of hydrogen-bond donors (Lipinski definition) is 1. The van der Waals surface area contributed by atoms with Crippen molar-refractivity contribution >= 4 is 28.6 Å². The average molecular weight is 372 g/mol. The Bertz CT molecular complexity index is 501. The second-order valence-corrected chi connectivity index (χ2v) is 6.27. The van der Waals surface area contributed by atoms with Crippen LogP contribution in [0, 0.1) is 14.9 Å². The van der Waals surface area contributed by atoms with E-state index in [1.165, 1.54) is 0 Å². The van der Waals surface area contributed by atoms with Crippen molar-refractivity contribution in [3.8, 4) is 6.07 Å². The van der Waals surface area contributed by atoms with Crippen LogP contribution in [0.15, 0.2) is 18.2 Å². The van der Waals surface area contributed by atoms with Gasteiger partial charge in [0.15, 0.2) is 0 Å². The summed E-state index contributed by atoms with van der Waals surface area (Å²) in [7, 11) is 0. The molecule has 4 nitrogen and oxygen atoms in total. The Hall–Kier alpha value is -1.13. The molecule has 1 rings (SSSR count). The SMILES string of the molecule is CC(C)(C)OC(=O)CNCc1ccc(C#N)cc1I. The Balaban J connectivity index is 2.46. The van der Waals surface area contributed by atoms with E-state index in [0.717, 1.165) is 9.13 Å². The van der Waals surface area contributed by atoms with Crippen molar-refractivity contribution < 1.29 is 9.53 Å². The summed E-state index contributed by atoms with van der Waals surface area (Å²) in [6.07, 6.45) is 0. The van der Waals surface area contributed by atoms with Crippen LogP contribution < -0.4 is 5.32 Å². The molecule has 0 radical (unpaired) electrons. The van der Waals surface area contributed by atoms with Gasteiger partial charge in [0, 0.05) is 10.1 Å². The molecule has 1 aromatic carbocycles. The molecule has 1 aromatic rings. The van der Waals surface area contributed by atoms with Gasteiger partial charge in [-0.3, -0.25) is 4.79 Å². The van der Waals surface area contributed by atoms with E-state index in [9.17, 15) is 4.79 Å². The first kappa shape index (κ1) is 15.9. The molecule has 0 unspecified atom stereocenters. The third-order valence-corrected chi connectivity index (χ3v) is 3.19. The van der Waals surface area contributed by atoms with Gasteiger partial charge in [-0.25, -0.2) is 0 Å². The van der Waals surface area contributed by atoms with Crippen molar-refractivity contribution in [3.05, 3.63) is 32.9 Å². The Kier molecular flexibility index (Phi) is 5.76. The zero-order valence-electron chi connectivity index (χ0n) is 11.3. The number of halogens is 1. The van der Waals surface area contributed by atoms with Crippen molar-refractivity contribution in [1.82, 2.24) is 5.32 Å². The van der Waals surface area contributed by atoms with Gasteiger partial charge in [-0.05, 0) is 61.1 Å². The summed E-state index contributed by atoms with van der Waals surface area (Å²) in [5, 5.41) is 11.8. The van der Waals surface area contributed by atoms with Crippen molar-refractivity contribution in [1.29, 1.82) is 5.26 Å². The molecule has 0 aliphatic carbocycles. The zero-order valence-corrected chi connectivity index (χ0v) is 13.4. The van der Waals surface area contributed by atoms with Crippen LogP contribution in [0.2, 0.25) is 0 Å². The number of nitriles is 1. The Morgan fingerprint density at radius 2 is 2.16 bits per heavy atom. The molecule has 102 valence electrons. The van der Waals surface area contributed by atoms with Gasteiger partial charge >= 0.3 is 5.97 Å². The van der Waals surface area contributed by atoms with Gasteiger partial charge < -0.3 is 10.1 Å². The van der Waals surface area contributed by atoms with Crippen molar-refractivity contribution in [2.45, 2.75) is 32.9 Å². The van der Waals surface area contributed by atoms with Crippen LogP contribution in [-0.2, 0) is 16.1 Å². The largest absolute Gasteiger partial charge is 0.459 e. The molecule has 0 fully saturated rings. The smallest absolute Gasteiger partial charge is 0.320 e. The molecule has 0 amide bonds. The first-order chi connectivity index (χ1) is 8.81. The van der Waals surface area contributed by atoms with Crippen LogP contribution in [0.25, 0.3) is 0 Å². The van der Waals surface area contributed by atoms with Gasteiger partial charge in [-0.15, -0.1) is 0 Å². The third-order valence-electron chi connectivity index (χ3n) is 2.19. The van der Waals surface area contributed by atoms with Gasteiger partial charge in [0.2, 0.25) is 0 Å². The summed E-state index contributed by atoms with van der Waals surface area (Å²) < 4.78 is 6.20. The van der Waals surface area contributed by atoms with E-state index in [1.54, 1.807) is 6.07 Å². The number of carbonyl (C=O) groups excluding carboxylic acids is 1. The van der Waals surface area contributed by atoms with Crippen molar-refractivity contribution in [3.63, 3.8) is 0 Å². The van der Waals surface area contributed by atoms with Crippen LogP contribution in [0.1, 0.15) is 31.9 Å². The molecule has 0 bridgehead atoms. The first-order valence-electron chi connectivity index (χ1n) is 5.93. The summed E-state index contributed by atoms with van der Waals surface area (Å²) >= 11 is 2.18. The average Bonchev–Trinajstić information content (AvgIpc) is 2.28. The van der Waals surface area contributed by atoms with E-state index in [2.05, 4.69) is 34.0 Å². The summed E-state index contributed by atoms with van der Waals surface area (Å²) in [5.74, 6) is -0.267. The molecular formula is C14H17IN2O2. The second-order valence-electron chi connectivity index (χ2n) is 5.11. The minimum atomic E-state index is -0.457. The lowest BCUT2D eigenvalue weighted by Gasteiger charge is -2.19. The van der Waals surface area contributed by atoms with E-state index < -0.39 is 5.60 Å². The van der Waals surface area contributed by atoms with Crippen LogP contribution in [0.5, 0.6) is 0 Å². The van der Waals surface area contributed by atoms with Crippen LogP contribution in [0.4, 0.5) is 0 Å². The molecule has 1 N–H and O–H groups in total. The predicted molar refractivity (Wildman–Crippen MR) is 81.4 cm³/mol. The van der Waals surface area contributed by atoms with E-state index in [1.807, 2.05) is 32.9 Å². The van der Waals surface area contributed by atoms with Gasteiger partial charge in [0.25, 0.3) is 0 Å². The molecule has 0 aliphatic rings. The van der Waals surface area contributed by atoms with Gasteiger partial charge in [0.05, 0.1) is 18.2 Å². The lowest BCUT2D eigenvalue weighted by atomic mass is 10.1. The molecule has 5 heteroatoms. The lowest BCUT2D eigenvalue weighted by Crippen LogP contribution is -2.31. The molecule has 0 atom stereocenters. The number of hydrogen-bond acceptors (Lipinski definition) is 4. The summed E-state index contributed by atoms with van der Waals surface area (Å²) in [6, 6.07) is 7.58. The fourth-order valence-corrected chi connectivity index (χ4v) is 2.14. The molecule has 0 heterocycles. The van der Waals surface area contributed by atoms with Gasteiger partial charge in [0.1, 0.15) is 5.60 Å². The molecule has 0 aromatic heterocycles. The maximum absolute atomic E-state index is 11.5. The monoisotopic (exact) mass is 372 g/mol. The highest BCUT2D eigenvalue weighted by atomic mass is 127. The summed E-state index contributed by atoms with van der Waals surface area (Å²) in [5.41, 5.74) is 1.24. The molecule has 0 aliphatic heterocycles. The summed E-state index contributed by atoms with van der Waals surface area (Å²) in [4.78, 5) is 11.5. The van der Waals surface area contributed by atoms with Crippen molar-refractivity contribution in [2.24, 2.45) is 0 Å². The van der Waals surface area contributed by atoms with E-state index in [0.29, 0.717) is 12.1 Å². The highest BCUT2D eigenvalue weighted by Gasteiger charge is 2.15. The number of esters is 1. The highest BCUT2D eigenvalue weighted by molar-refractivity contribution is 14.1. The fraction of sp³-hybridized carbons (Fsp3) is 0.429. The normalized spacial score (nSPS) is 10.9. The molecule has 0 saturated heterocycles. The summed E-state index contributed by atoms with van der Waals surface area (Å²) in [6.45, 7) is 6.27. The third kappa shape index (κ3) is 6.03. The Morgan fingerprint density at radius 1 is 1.47 bits per heavy atom. The van der Waals surface area contributed by atoms with E-state index in [-0.39, 0.29) is 12.5 Å². The van der Waals surface area contributed by atoms with Crippen LogP contribution in [-0.4, -0.2) is 18.1 Å². The fourth-order valence-electron chi connectivity index (χ4n) is 1.44. The Morgan fingerprint density at radius 3 is 2.68 bits per heavy atom. The van der Waals surface area contributed by atoms with Crippen molar-refractivity contribution in [2.75, 3.05) is 6.54 Å². The van der Waals surface area contributed by atoms with Gasteiger partial charge in [-0.2, -0.15) is 5.26 Å². The maximum atomic E-state index is 11.5. The standard InChI is InChI=1S/C14H17IN2O2/c1-14(2,3)19-13(18)9-17-8-11-5-4-10(7-16)6-12(11)15/h4-6,17H,8-9H2,1-3H3. The number of benzene rings is 1. The van der Waals surface area contributed by atoms with Crippen LogP contribution in [0.3, 0.4) is 0 Å². The molecule has 0 saturated carbocycles. The number of nitrogens with one attached hydrogen (secondary N) is 1. The number of ether oxygens (including phenoxy) is 1. The maximum Gasteiger partial charge on any atom is 0.320 e. The lowest BCUT2D eigenvalue weighted by molar-refractivity contribution is -0.153.